The number of rotatable bonds is 2. The first-order chi connectivity index (χ1) is 10.1. The molecule has 7 heteroatoms. The van der Waals surface area contributed by atoms with Crippen molar-refractivity contribution in [3.63, 3.8) is 0 Å². The summed E-state index contributed by atoms with van der Waals surface area (Å²) in [6.45, 7) is 2.58. The molecular weight excluding hydrogens is 288 g/mol. The van der Waals surface area contributed by atoms with Crippen LogP contribution in [0.5, 0.6) is 0 Å². The van der Waals surface area contributed by atoms with Gasteiger partial charge in [-0.2, -0.15) is 0 Å². The molecule has 1 aliphatic heterocycles. The number of hydrogen-bond acceptors (Lipinski definition) is 5. The van der Waals surface area contributed by atoms with Crippen molar-refractivity contribution in [2.75, 3.05) is 0 Å². The van der Waals surface area contributed by atoms with Crippen LogP contribution in [0.1, 0.15) is 51.3 Å². The molecule has 2 aromatic rings. The number of aromatic amines is 1. The molecule has 0 spiro atoms. The van der Waals surface area contributed by atoms with Crippen molar-refractivity contribution < 1.29 is 4.79 Å². The summed E-state index contributed by atoms with van der Waals surface area (Å²) < 4.78 is 0. The minimum atomic E-state index is -0.126. The van der Waals surface area contributed by atoms with Crippen LogP contribution in [0.4, 0.5) is 0 Å². The van der Waals surface area contributed by atoms with Gasteiger partial charge in [0.05, 0.1) is 24.3 Å². The van der Waals surface area contributed by atoms with Gasteiger partial charge in [-0.15, -0.1) is 11.3 Å². The molecule has 0 radical (unpaired) electrons. The standard InChI is InChI=1S/C14H14N4O2S/c1-7-6-21-13(15-7)14(20)18-4-9-10(5-18)16-11(8-2-3-8)17-12(9)19/h6,8H,2-5H2,1H3,(H,16,17,19). The zero-order chi connectivity index (χ0) is 14.6. The smallest absolute Gasteiger partial charge is 0.283 e. The number of hydrogen-bond donors (Lipinski definition) is 1. The summed E-state index contributed by atoms with van der Waals surface area (Å²) in [5.74, 6) is 1.05. The van der Waals surface area contributed by atoms with Crippen LogP contribution >= 0.6 is 11.3 Å². The topological polar surface area (TPSA) is 79.0 Å². The molecule has 1 N–H and O–H groups in total. The summed E-state index contributed by atoms with van der Waals surface area (Å²) in [6.07, 6.45) is 2.17. The highest BCUT2D eigenvalue weighted by atomic mass is 32.1. The van der Waals surface area contributed by atoms with Gasteiger partial charge in [0.1, 0.15) is 5.82 Å². The van der Waals surface area contributed by atoms with Gasteiger partial charge in [0, 0.05) is 17.0 Å². The van der Waals surface area contributed by atoms with E-state index in [-0.39, 0.29) is 11.5 Å². The average Bonchev–Trinajstić information content (AvgIpc) is 3.08. The lowest BCUT2D eigenvalue weighted by molar-refractivity contribution is 0.0749. The van der Waals surface area contributed by atoms with Gasteiger partial charge in [-0.05, 0) is 19.8 Å². The van der Waals surface area contributed by atoms with Crippen LogP contribution in [-0.4, -0.2) is 25.8 Å². The van der Waals surface area contributed by atoms with E-state index in [9.17, 15) is 9.59 Å². The van der Waals surface area contributed by atoms with Gasteiger partial charge >= 0.3 is 0 Å². The maximum absolute atomic E-state index is 12.4. The first kappa shape index (κ1) is 12.7. The lowest BCUT2D eigenvalue weighted by Crippen LogP contribution is -2.26. The Balaban J connectivity index is 1.63. The van der Waals surface area contributed by atoms with Crippen LogP contribution in [0.2, 0.25) is 0 Å². The molecule has 1 amide bonds. The van der Waals surface area contributed by atoms with Crippen LogP contribution in [0.25, 0.3) is 0 Å². The molecule has 6 nitrogen and oxygen atoms in total. The molecule has 0 atom stereocenters. The average molecular weight is 302 g/mol. The highest BCUT2D eigenvalue weighted by Crippen LogP contribution is 2.38. The summed E-state index contributed by atoms with van der Waals surface area (Å²) in [6, 6.07) is 0. The number of carbonyl (C=O) groups excluding carboxylic acids is 1. The van der Waals surface area contributed by atoms with E-state index >= 15 is 0 Å². The number of fused-ring (bicyclic) bond motifs is 1. The van der Waals surface area contributed by atoms with E-state index in [0.717, 1.165) is 30.1 Å². The van der Waals surface area contributed by atoms with E-state index in [1.165, 1.54) is 11.3 Å². The zero-order valence-electron chi connectivity index (χ0n) is 11.5. The lowest BCUT2D eigenvalue weighted by Gasteiger charge is -2.12. The third-order valence-corrected chi connectivity index (χ3v) is 4.81. The molecule has 0 aromatic carbocycles. The number of H-pyrrole nitrogens is 1. The zero-order valence-corrected chi connectivity index (χ0v) is 12.4. The highest BCUT2D eigenvalue weighted by molar-refractivity contribution is 7.11. The van der Waals surface area contributed by atoms with Gasteiger partial charge in [-0.1, -0.05) is 0 Å². The fourth-order valence-electron chi connectivity index (χ4n) is 2.57. The second kappa shape index (κ2) is 4.49. The SMILES string of the molecule is Cc1csc(C(=O)N2Cc3nc(C4CC4)[nH]c(=O)c3C2)n1. The predicted molar refractivity (Wildman–Crippen MR) is 77.3 cm³/mol. The van der Waals surface area contributed by atoms with Gasteiger partial charge in [0.2, 0.25) is 0 Å². The molecule has 1 saturated carbocycles. The monoisotopic (exact) mass is 302 g/mol. The Morgan fingerprint density at radius 3 is 2.86 bits per heavy atom. The highest BCUT2D eigenvalue weighted by Gasteiger charge is 2.32. The summed E-state index contributed by atoms with van der Waals surface area (Å²) in [5.41, 5.74) is 2.09. The largest absolute Gasteiger partial charge is 0.326 e. The molecule has 0 bridgehead atoms. The van der Waals surface area contributed by atoms with Crippen LogP contribution in [0, 0.1) is 6.92 Å². The van der Waals surface area contributed by atoms with Crippen molar-refractivity contribution in [2.45, 2.75) is 38.8 Å². The normalized spacial score (nSPS) is 17.1. The molecule has 21 heavy (non-hydrogen) atoms. The van der Waals surface area contributed by atoms with Crippen molar-refractivity contribution in [2.24, 2.45) is 0 Å². The summed E-state index contributed by atoms with van der Waals surface area (Å²) in [5, 5.41) is 2.33. The van der Waals surface area contributed by atoms with E-state index in [1.807, 2.05) is 12.3 Å². The number of nitrogens with zero attached hydrogens (tertiary/aromatic N) is 3. The minimum absolute atomic E-state index is 0.104. The fraction of sp³-hybridized carbons (Fsp3) is 0.429. The Morgan fingerprint density at radius 2 is 2.19 bits per heavy atom. The number of aromatic nitrogens is 3. The number of thiazole rings is 1. The van der Waals surface area contributed by atoms with Crippen molar-refractivity contribution in [1.82, 2.24) is 19.9 Å². The van der Waals surface area contributed by atoms with Crippen molar-refractivity contribution in [3.8, 4) is 0 Å². The van der Waals surface area contributed by atoms with Crippen LogP contribution in [-0.2, 0) is 13.1 Å². The third-order valence-electron chi connectivity index (χ3n) is 3.86. The summed E-state index contributed by atoms with van der Waals surface area (Å²) >= 11 is 1.34. The lowest BCUT2D eigenvalue weighted by atomic mass is 10.2. The van der Waals surface area contributed by atoms with Crippen molar-refractivity contribution in [3.05, 3.63) is 43.5 Å². The van der Waals surface area contributed by atoms with Gasteiger partial charge in [-0.3, -0.25) is 9.59 Å². The number of aryl methyl sites for hydroxylation is 1. The molecule has 2 aromatic heterocycles. The first-order valence-corrected chi connectivity index (χ1v) is 7.83. The maximum atomic E-state index is 12.4. The summed E-state index contributed by atoms with van der Waals surface area (Å²) in [4.78, 5) is 37.8. The maximum Gasteiger partial charge on any atom is 0.283 e. The Kier molecular flexibility index (Phi) is 2.72. The first-order valence-electron chi connectivity index (χ1n) is 6.95. The Hall–Kier alpha value is -2.02. The Labute approximate surface area is 124 Å². The summed E-state index contributed by atoms with van der Waals surface area (Å²) in [7, 11) is 0. The fourth-order valence-corrected chi connectivity index (χ4v) is 3.33. The molecule has 2 aliphatic rings. The van der Waals surface area contributed by atoms with Crippen molar-refractivity contribution in [1.29, 1.82) is 0 Å². The van der Waals surface area contributed by atoms with Crippen LogP contribution < -0.4 is 5.56 Å². The number of amides is 1. The second-order valence-electron chi connectivity index (χ2n) is 5.61. The van der Waals surface area contributed by atoms with Gasteiger partial charge in [0.15, 0.2) is 5.01 Å². The number of nitrogens with one attached hydrogen (secondary N) is 1. The van der Waals surface area contributed by atoms with E-state index in [2.05, 4.69) is 15.0 Å². The minimum Gasteiger partial charge on any atom is -0.326 e. The predicted octanol–water partition coefficient (Wildman–Crippen LogP) is 1.57. The molecule has 3 heterocycles. The van der Waals surface area contributed by atoms with Crippen LogP contribution in [0.3, 0.4) is 0 Å². The molecule has 0 unspecified atom stereocenters. The van der Waals surface area contributed by atoms with Crippen LogP contribution in [0.15, 0.2) is 10.2 Å². The number of carbonyl (C=O) groups is 1. The van der Waals surface area contributed by atoms with Gasteiger partial charge in [-0.25, -0.2) is 9.97 Å². The van der Waals surface area contributed by atoms with E-state index in [4.69, 9.17) is 0 Å². The van der Waals surface area contributed by atoms with E-state index in [0.29, 0.717) is 29.6 Å². The van der Waals surface area contributed by atoms with Gasteiger partial charge < -0.3 is 9.88 Å². The molecule has 1 fully saturated rings. The molecule has 0 saturated heterocycles. The van der Waals surface area contributed by atoms with E-state index in [1.54, 1.807) is 4.90 Å². The van der Waals surface area contributed by atoms with Gasteiger partial charge in [0.25, 0.3) is 11.5 Å². The third kappa shape index (κ3) is 2.17. The quantitative estimate of drug-likeness (QED) is 0.913. The second-order valence-corrected chi connectivity index (χ2v) is 6.46. The Bertz CT molecular complexity index is 791. The molecule has 4 rings (SSSR count). The van der Waals surface area contributed by atoms with E-state index < -0.39 is 0 Å². The molecule has 1 aliphatic carbocycles. The molecular formula is C14H14N4O2S. The van der Waals surface area contributed by atoms with Crippen molar-refractivity contribution >= 4 is 17.2 Å². The Morgan fingerprint density at radius 1 is 1.38 bits per heavy atom. The molecule has 108 valence electrons.